The highest BCUT2D eigenvalue weighted by atomic mass is 16.4. The summed E-state index contributed by atoms with van der Waals surface area (Å²) < 4.78 is 0. The van der Waals surface area contributed by atoms with Crippen LogP contribution in [-0.4, -0.2) is 127 Å². The van der Waals surface area contributed by atoms with E-state index < -0.39 is 80.7 Å². The van der Waals surface area contributed by atoms with Crippen molar-refractivity contribution in [3.8, 4) is 0 Å². The van der Waals surface area contributed by atoms with E-state index in [0.29, 0.717) is 25.7 Å². The summed E-state index contributed by atoms with van der Waals surface area (Å²) in [6.45, 7) is 1.36. The Hall–Kier alpha value is -3.55. The highest BCUT2D eigenvalue weighted by molar-refractivity contribution is 5.73. The zero-order valence-corrected chi connectivity index (χ0v) is 23.5. The molecule has 0 spiro atoms. The van der Waals surface area contributed by atoms with Crippen molar-refractivity contribution < 1.29 is 49.5 Å². The zero-order valence-electron chi connectivity index (χ0n) is 23.5. The van der Waals surface area contributed by atoms with E-state index in [4.69, 9.17) is 0 Å². The maximum atomic E-state index is 12.0. The molecule has 41 heavy (non-hydrogen) atoms. The van der Waals surface area contributed by atoms with E-state index in [1.165, 1.54) is 9.80 Å². The van der Waals surface area contributed by atoms with Gasteiger partial charge in [-0.1, -0.05) is 51.0 Å². The van der Waals surface area contributed by atoms with Crippen LogP contribution in [0.25, 0.3) is 0 Å². The second-order valence-electron chi connectivity index (χ2n) is 10.9. The third kappa shape index (κ3) is 11.5. The molecule has 0 aliphatic heterocycles. The van der Waals surface area contributed by atoms with Gasteiger partial charge in [-0.2, -0.15) is 0 Å². The topological polar surface area (TPSA) is 196 Å². The van der Waals surface area contributed by atoms with Crippen LogP contribution in [0.3, 0.4) is 0 Å². The zero-order chi connectivity index (χ0) is 30.7. The molecule has 1 aromatic rings. The van der Waals surface area contributed by atoms with Crippen molar-refractivity contribution in [1.29, 1.82) is 0 Å². The fourth-order valence-electron chi connectivity index (χ4n) is 5.62. The number of hydrogen-bond acceptors (Lipinski definition) is 8. The molecule has 2 rings (SSSR count). The summed E-state index contributed by atoms with van der Waals surface area (Å²) in [5.41, 5.74) is 1.90. The van der Waals surface area contributed by atoms with E-state index in [1.807, 2.05) is 38.1 Å². The molecular weight excluding hydrogens is 538 g/mol. The largest absolute Gasteiger partial charge is 0.480 e. The number of carboxylic acid groups (broad SMARTS) is 5. The van der Waals surface area contributed by atoms with Crippen molar-refractivity contribution in [1.82, 2.24) is 14.7 Å². The van der Waals surface area contributed by atoms with Crippen LogP contribution in [-0.2, 0) is 30.4 Å². The van der Waals surface area contributed by atoms with Gasteiger partial charge >= 0.3 is 29.8 Å². The first-order chi connectivity index (χ1) is 19.3. The first-order valence-corrected chi connectivity index (χ1v) is 13.7. The summed E-state index contributed by atoms with van der Waals surface area (Å²) in [6, 6.07) is 5.81. The van der Waals surface area contributed by atoms with Crippen molar-refractivity contribution in [2.75, 3.05) is 39.3 Å². The van der Waals surface area contributed by atoms with Gasteiger partial charge in [-0.15, -0.1) is 0 Å². The van der Waals surface area contributed by atoms with Crippen molar-refractivity contribution in [3.63, 3.8) is 0 Å². The predicted molar refractivity (Wildman–Crippen MR) is 147 cm³/mol. The molecule has 1 fully saturated rings. The maximum absolute atomic E-state index is 12.0. The summed E-state index contributed by atoms with van der Waals surface area (Å²) in [4.78, 5) is 62.8. The number of hydrogen-bond donors (Lipinski definition) is 5. The Balaban J connectivity index is 2.50. The number of aliphatic carboxylic acids is 5. The van der Waals surface area contributed by atoms with Crippen LogP contribution in [0, 0.1) is 0 Å². The van der Waals surface area contributed by atoms with Crippen molar-refractivity contribution in [2.45, 2.75) is 70.0 Å². The van der Waals surface area contributed by atoms with Crippen LogP contribution in [0.1, 0.15) is 56.6 Å². The van der Waals surface area contributed by atoms with Gasteiger partial charge in [-0.05, 0) is 36.3 Å². The van der Waals surface area contributed by atoms with Gasteiger partial charge in [0.25, 0.3) is 0 Å². The second kappa shape index (κ2) is 16.0. The SMILES string of the molecule is CC(C)c1ccc(CC(CN(CC(=O)O)C2CCCCC2N(CC(=O)O)CC(=O)O)N(CC(=O)O)CC(=O)O)cc1. The van der Waals surface area contributed by atoms with Crippen LogP contribution in [0.2, 0.25) is 0 Å². The van der Waals surface area contributed by atoms with E-state index in [9.17, 15) is 49.5 Å². The molecule has 1 aliphatic carbocycles. The predicted octanol–water partition coefficient (Wildman–Crippen LogP) is 1.36. The van der Waals surface area contributed by atoms with Crippen molar-refractivity contribution in [3.05, 3.63) is 35.4 Å². The lowest BCUT2D eigenvalue weighted by Gasteiger charge is -2.45. The van der Waals surface area contributed by atoms with Crippen molar-refractivity contribution in [2.24, 2.45) is 0 Å². The smallest absolute Gasteiger partial charge is 0.317 e. The average Bonchev–Trinajstić information content (AvgIpc) is 2.86. The number of carboxylic acids is 5. The maximum Gasteiger partial charge on any atom is 0.317 e. The molecule has 3 unspecified atom stereocenters. The third-order valence-electron chi connectivity index (χ3n) is 7.40. The van der Waals surface area contributed by atoms with E-state index >= 15 is 0 Å². The van der Waals surface area contributed by atoms with Gasteiger partial charge in [0, 0.05) is 24.7 Å². The Morgan fingerprint density at radius 2 is 1.10 bits per heavy atom. The highest BCUT2D eigenvalue weighted by Gasteiger charge is 2.38. The molecule has 0 heterocycles. The molecule has 0 saturated heterocycles. The minimum atomic E-state index is -1.24. The summed E-state index contributed by atoms with van der Waals surface area (Å²) >= 11 is 0. The van der Waals surface area contributed by atoms with Gasteiger partial charge in [0.2, 0.25) is 0 Å². The summed E-state index contributed by atoms with van der Waals surface area (Å²) in [7, 11) is 0. The summed E-state index contributed by atoms with van der Waals surface area (Å²) in [5, 5.41) is 47.8. The first kappa shape index (κ1) is 33.7. The number of carbonyl (C=O) groups is 5. The van der Waals surface area contributed by atoms with Crippen LogP contribution in [0.5, 0.6) is 0 Å². The molecule has 3 atom stereocenters. The molecule has 1 saturated carbocycles. The molecule has 1 aliphatic rings. The van der Waals surface area contributed by atoms with Crippen LogP contribution in [0.4, 0.5) is 0 Å². The van der Waals surface area contributed by atoms with Crippen LogP contribution < -0.4 is 0 Å². The molecular formula is C28H41N3O10. The third-order valence-corrected chi connectivity index (χ3v) is 7.40. The lowest BCUT2D eigenvalue weighted by molar-refractivity contribution is -0.146. The van der Waals surface area contributed by atoms with E-state index in [1.54, 1.807) is 4.90 Å². The van der Waals surface area contributed by atoms with Crippen molar-refractivity contribution >= 4 is 29.8 Å². The van der Waals surface area contributed by atoms with E-state index in [-0.39, 0.29) is 18.9 Å². The van der Waals surface area contributed by atoms with E-state index in [2.05, 4.69) is 0 Å². The lowest BCUT2D eigenvalue weighted by atomic mass is 9.87. The molecule has 1 aromatic carbocycles. The second-order valence-corrected chi connectivity index (χ2v) is 10.9. The monoisotopic (exact) mass is 579 g/mol. The molecule has 13 heteroatoms. The van der Waals surface area contributed by atoms with Crippen LogP contribution in [0.15, 0.2) is 24.3 Å². The Morgan fingerprint density at radius 3 is 1.51 bits per heavy atom. The molecule has 0 bridgehead atoms. The first-order valence-electron chi connectivity index (χ1n) is 13.7. The number of nitrogens with zero attached hydrogens (tertiary/aromatic N) is 3. The Labute approximate surface area is 239 Å². The van der Waals surface area contributed by atoms with Gasteiger partial charge < -0.3 is 25.5 Å². The lowest BCUT2D eigenvalue weighted by Crippen LogP contribution is -2.59. The van der Waals surface area contributed by atoms with Crippen LogP contribution >= 0.6 is 0 Å². The van der Waals surface area contributed by atoms with Gasteiger partial charge in [-0.3, -0.25) is 38.7 Å². The molecule has 0 amide bonds. The Bertz CT molecular complexity index is 1030. The minimum Gasteiger partial charge on any atom is -0.480 e. The Morgan fingerprint density at radius 1 is 0.683 bits per heavy atom. The molecule has 5 N–H and O–H groups in total. The van der Waals surface area contributed by atoms with Gasteiger partial charge in [0.05, 0.1) is 32.7 Å². The number of rotatable bonds is 18. The minimum absolute atomic E-state index is 0.0199. The molecule has 0 radical (unpaired) electrons. The fraction of sp³-hybridized carbons (Fsp3) is 0.607. The van der Waals surface area contributed by atoms with E-state index in [0.717, 1.165) is 11.1 Å². The van der Waals surface area contributed by atoms with Gasteiger partial charge in [0.15, 0.2) is 0 Å². The average molecular weight is 580 g/mol. The molecule has 228 valence electrons. The molecule has 0 aromatic heterocycles. The van der Waals surface area contributed by atoms with Gasteiger partial charge in [-0.25, -0.2) is 0 Å². The highest BCUT2D eigenvalue weighted by Crippen LogP contribution is 2.28. The van der Waals surface area contributed by atoms with Gasteiger partial charge in [0.1, 0.15) is 0 Å². The Kier molecular flexibility index (Phi) is 13.2. The summed E-state index contributed by atoms with van der Waals surface area (Å²) in [5.74, 6) is -5.78. The standard InChI is InChI=1S/C28H41N3O10/c1-18(2)20-9-7-19(8-10-20)11-21(29(13-24(32)33)14-25(34)35)12-30(15-26(36)37)22-5-3-4-6-23(22)31(16-27(38)39)17-28(40)41/h7-10,18,21-23H,3-6,11-17H2,1-2H3,(H,32,33)(H,34,35)(H,36,37)(H,38,39)(H,40,41). The number of benzene rings is 1. The quantitative estimate of drug-likeness (QED) is 0.167. The summed E-state index contributed by atoms with van der Waals surface area (Å²) in [6.07, 6.45) is 2.58. The normalized spacial score (nSPS) is 18.1. The fourth-order valence-corrected chi connectivity index (χ4v) is 5.62. The molecule has 13 nitrogen and oxygen atoms in total.